The van der Waals surface area contributed by atoms with Gasteiger partial charge in [0.25, 0.3) is 0 Å². The van der Waals surface area contributed by atoms with Gasteiger partial charge >= 0.3 is 5.97 Å². The molecule has 0 bridgehead atoms. The van der Waals surface area contributed by atoms with Gasteiger partial charge in [-0.25, -0.2) is 13.2 Å². The van der Waals surface area contributed by atoms with Crippen LogP contribution >= 0.6 is 11.6 Å². The lowest BCUT2D eigenvalue weighted by Gasteiger charge is -2.24. The van der Waals surface area contributed by atoms with E-state index in [1.165, 1.54) is 36.4 Å². The van der Waals surface area contributed by atoms with Gasteiger partial charge in [-0.15, -0.1) is 0 Å². The molecular weight excluding hydrogens is 364 g/mol. The van der Waals surface area contributed by atoms with Crippen molar-refractivity contribution in [3.05, 3.63) is 53.6 Å². The summed E-state index contributed by atoms with van der Waals surface area (Å²) in [4.78, 5) is 12.1. The van der Waals surface area contributed by atoms with Gasteiger partial charge < -0.3 is 9.47 Å². The van der Waals surface area contributed by atoms with Crippen LogP contribution in [0.15, 0.2) is 58.3 Å². The molecule has 7 heteroatoms. The highest BCUT2D eigenvalue weighted by molar-refractivity contribution is 7.91. The molecule has 0 saturated heterocycles. The lowest BCUT2D eigenvalue weighted by Crippen LogP contribution is -2.39. The van der Waals surface area contributed by atoms with Crippen molar-refractivity contribution in [3.63, 3.8) is 0 Å². The molecule has 2 aromatic rings. The molecule has 0 fully saturated rings. The third kappa shape index (κ3) is 4.52. The fourth-order valence-corrected chi connectivity index (χ4v) is 3.52. The van der Waals surface area contributed by atoms with Crippen molar-refractivity contribution in [2.45, 2.75) is 36.2 Å². The molecule has 25 heavy (non-hydrogen) atoms. The minimum Gasteiger partial charge on any atom is -0.476 e. The van der Waals surface area contributed by atoms with Gasteiger partial charge in [-0.05, 0) is 63.2 Å². The first kappa shape index (κ1) is 19.3. The molecule has 0 saturated carbocycles. The van der Waals surface area contributed by atoms with Gasteiger partial charge in [0, 0.05) is 5.02 Å². The van der Waals surface area contributed by atoms with Crippen LogP contribution in [-0.4, -0.2) is 26.6 Å². The van der Waals surface area contributed by atoms with E-state index in [1.807, 2.05) is 0 Å². The molecule has 0 spiro atoms. The zero-order chi connectivity index (χ0) is 18.7. The Kier molecular flexibility index (Phi) is 5.75. The van der Waals surface area contributed by atoms with Crippen molar-refractivity contribution in [1.29, 1.82) is 0 Å². The topological polar surface area (TPSA) is 69.7 Å². The Balaban J connectivity index is 2.32. The van der Waals surface area contributed by atoms with Gasteiger partial charge in [0.1, 0.15) is 5.75 Å². The second kappa shape index (κ2) is 7.45. The maximum Gasteiger partial charge on any atom is 0.349 e. The molecule has 0 atom stereocenters. The monoisotopic (exact) mass is 382 g/mol. The third-order valence-electron chi connectivity index (χ3n) is 3.38. The second-order valence-corrected chi connectivity index (χ2v) is 8.15. The van der Waals surface area contributed by atoms with Crippen molar-refractivity contribution in [2.24, 2.45) is 0 Å². The number of ether oxygens (including phenoxy) is 2. The predicted octanol–water partition coefficient (Wildman–Crippen LogP) is 3.89. The number of halogens is 1. The Hall–Kier alpha value is -2.05. The van der Waals surface area contributed by atoms with Crippen LogP contribution in [0.4, 0.5) is 0 Å². The van der Waals surface area contributed by atoms with Gasteiger partial charge in [0.15, 0.2) is 5.60 Å². The number of rotatable bonds is 6. The van der Waals surface area contributed by atoms with Crippen LogP contribution in [-0.2, 0) is 19.4 Å². The number of carbonyl (C=O) groups is 1. The summed E-state index contributed by atoms with van der Waals surface area (Å²) in [6.07, 6.45) is 0. The smallest absolute Gasteiger partial charge is 0.349 e. The highest BCUT2D eigenvalue weighted by atomic mass is 35.5. The average molecular weight is 383 g/mol. The summed E-state index contributed by atoms with van der Waals surface area (Å²) in [6.45, 7) is 5.06. The van der Waals surface area contributed by atoms with E-state index >= 15 is 0 Å². The van der Waals surface area contributed by atoms with E-state index in [2.05, 4.69) is 0 Å². The lowest BCUT2D eigenvalue weighted by molar-refractivity contribution is -0.158. The van der Waals surface area contributed by atoms with Crippen LogP contribution in [0.5, 0.6) is 5.75 Å². The molecule has 0 aliphatic carbocycles. The van der Waals surface area contributed by atoms with Crippen molar-refractivity contribution in [1.82, 2.24) is 0 Å². The molecule has 0 unspecified atom stereocenters. The zero-order valence-electron chi connectivity index (χ0n) is 14.2. The SMILES string of the molecule is CCOC(=O)C(C)(C)Oc1cccc(S(=O)(=O)c2ccc(Cl)cc2)c1. The van der Waals surface area contributed by atoms with E-state index in [4.69, 9.17) is 21.1 Å². The molecular formula is C18H19ClO5S. The first-order chi connectivity index (χ1) is 11.7. The normalized spacial score (nSPS) is 11.8. The van der Waals surface area contributed by atoms with E-state index in [0.717, 1.165) is 0 Å². The minimum atomic E-state index is -3.72. The zero-order valence-corrected chi connectivity index (χ0v) is 15.7. The quantitative estimate of drug-likeness (QED) is 0.709. The predicted molar refractivity (Wildman–Crippen MR) is 94.7 cm³/mol. The van der Waals surface area contributed by atoms with Gasteiger partial charge in [-0.2, -0.15) is 0 Å². The summed E-state index contributed by atoms with van der Waals surface area (Å²) in [5.41, 5.74) is -1.24. The van der Waals surface area contributed by atoms with Gasteiger partial charge in [0.2, 0.25) is 9.84 Å². The first-order valence-corrected chi connectivity index (χ1v) is 9.50. The highest BCUT2D eigenvalue weighted by Crippen LogP contribution is 2.27. The summed E-state index contributed by atoms with van der Waals surface area (Å²) in [5.74, 6) is -0.269. The molecule has 0 aliphatic rings. The molecule has 5 nitrogen and oxygen atoms in total. The van der Waals surface area contributed by atoms with Crippen molar-refractivity contribution in [3.8, 4) is 5.75 Å². The van der Waals surface area contributed by atoms with Gasteiger partial charge in [-0.1, -0.05) is 17.7 Å². The molecule has 0 amide bonds. The van der Waals surface area contributed by atoms with E-state index < -0.39 is 21.4 Å². The van der Waals surface area contributed by atoms with Crippen LogP contribution in [0.3, 0.4) is 0 Å². The Morgan fingerprint density at radius 3 is 2.32 bits per heavy atom. The van der Waals surface area contributed by atoms with Crippen molar-refractivity contribution >= 4 is 27.4 Å². The number of hydrogen-bond donors (Lipinski definition) is 0. The largest absolute Gasteiger partial charge is 0.476 e. The van der Waals surface area contributed by atoms with E-state index in [0.29, 0.717) is 5.02 Å². The lowest BCUT2D eigenvalue weighted by atomic mass is 10.1. The average Bonchev–Trinajstić information content (AvgIpc) is 2.55. The molecule has 0 N–H and O–H groups in total. The molecule has 0 heterocycles. The molecule has 134 valence electrons. The van der Waals surface area contributed by atoms with Crippen LogP contribution in [0.1, 0.15) is 20.8 Å². The number of hydrogen-bond acceptors (Lipinski definition) is 5. The molecule has 0 radical (unpaired) electrons. The number of benzene rings is 2. The number of esters is 1. The van der Waals surface area contributed by atoms with Crippen LogP contribution < -0.4 is 4.74 Å². The summed E-state index contributed by atoms with van der Waals surface area (Å²) in [5, 5.41) is 0.451. The standard InChI is InChI=1S/C18H19ClO5S/c1-4-23-17(20)18(2,3)24-14-6-5-7-16(12-14)25(21,22)15-10-8-13(19)9-11-15/h5-12H,4H2,1-3H3. The summed E-state index contributed by atoms with van der Waals surface area (Å²) in [6, 6.07) is 11.9. The van der Waals surface area contributed by atoms with Crippen LogP contribution in [0.2, 0.25) is 5.02 Å². The number of sulfone groups is 1. The summed E-state index contributed by atoms with van der Waals surface area (Å²) >= 11 is 5.80. The van der Waals surface area contributed by atoms with E-state index in [9.17, 15) is 13.2 Å². The minimum absolute atomic E-state index is 0.0620. The Labute approximate surface area is 152 Å². The fraction of sp³-hybridized carbons (Fsp3) is 0.278. The van der Waals surface area contributed by atoms with E-state index in [1.54, 1.807) is 32.9 Å². The summed E-state index contributed by atoms with van der Waals surface area (Å²) in [7, 11) is -3.72. The third-order valence-corrected chi connectivity index (χ3v) is 5.40. The molecule has 0 aliphatic heterocycles. The Bertz CT molecular complexity index is 857. The van der Waals surface area contributed by atoms with Crippen molar-refractivity contribution < 1.29 is 22.7 Å². The van der Waals surface area contributed by atoms with E-state index in [-0.39, 0.29) is 22.1 Å². The first-order valence-electron chi connectivity index (χ1n) is 7.64. The summed E-state index contributed by atoms with van der Waals surface area (Å²) < 4.78 is 36.0. The van der Waals surface area contributed by atoms with Crippen LogP contribution in [0.25, 0.3) is 0 Å². The Morgan fingerprint density at radius 2 is 1.72 bits per heavy atom. The maximum atomic E-state index is 12.7. The number of carbonyl (C=O) groups excluding carboxylic acids is 1. The van der Waals surface area contributed by atoms with Crippen LogP contribution in [0, 0.1) is 0 Å². The van der Waals surface area contributed by atoms with Gasteiger partial charge in [-0.3, -0.25) is 0 Å². The maximum absolute atomic E-state index is 12.7. The fourth-order valence-electron chi connectivity index (χ4n) is 2.10. The Morgan fingerprint density at radius 1 is 1.08 bits per heavy atom. The highest BCUT2D eigenvalue weighted by Gasteiger charge is 2.32. The van der Waals surface area contributed by atoms with Crippen molar-refractivity contribution in [2.75, 3.05) is 6.61 Å². The molecule has 2 aromatic carbocycles. The van der Waals surface area contributed by atoms with Gasteiger partial charge in [0.05, 0.1) is 16.4 Å². The molecule has 0 aromatic heterocycles. The second-order valence-electron chi connectivity index (χ2n) is 5.77. The molecule has 2 rings (SSSR count).